The van der Waals surface area contributed by atoms with Crippen LogP contribution in [0.5, 0.6) is 5.75 Å². The number of amides is 1. The van der Waals surface area contributed by atoms with Crippen molar-refractivity contribution in [2.75, 3.05) is 45.9 Å². The van der Waals surface area contributed by atoms with Crippen molar-refractivity contribution in [3.8, 4) is 5.75 Å². The number of benzene rings is 2. The Hall–Kier alpha value is -1.79. The monoisotopic (exact) mass is 421 g/mol. The number of hydrogen-bond donors (Lipinski definition) is 1. The smallest absolute Gasteiger partial charge is 0.234 e. The Morgan fingerprint density at radius 2 is 1.71 bits per heavy atom. The Morgan fingerprint density at radius 1 is 1.00 bits per heavy atom. The number of halogens is 2. The Morgan fingerprint density at radius 3 is 2.46 bits per heavy atom. The van der Waals surface area contributed by atoms with Gasteiger partial charge in [0.25, 0.3) is 0 Å². The van der Waals surface area contributed by atoms with Crippen LogP contribution >= 0.6 is 23.2 Å². The lowest BCUT2D eigenvalue weighted by atomic mass is 10.2. The summed E-state index contributed by atoms with van der Waals surface area (Å²) in [7, 11) is 0. The van der Waals surface area contributed by atoms with Crippen LogP contribution in [0.3, 0.4) is 0 Å². The molecule has 5 nitrogen and oxygen atoms in total. The van der Waals surface area contributed by atoms with Crippen LogP contribution < -0.4 is 10.1 Å². The minimum atomic E-state index is 0.0660. The molecule has 1 fully saturated rings. The van der Waals surface area contributed by atoms with Crippen molar-refractivity contribution in [1.82, 2.24) is 15.1 Å². The van der Waals surface area contributed by atoms with Crippen LogP contribution in [0, 0.1) is 0 Å². The van der Waals surface area contributed by atoms with Crippen LogP contribution in [0.4, 0.5) is 0 Å². The van der Waals surface area contributed by atoms with E-state index < -0.39 is 0 Å². The van der Waals surface area contributed by atoms with Gasteiger partial charge in [-0.15, -0.1) is 0 Å². The number of piperazine rings is 1. The van der Waals surface area contributed by atoms with E-state index in [2.05, 4.69) is 15.1 Å². The van der Waals surface area contributed by atoms with Gasteiger partial charge in [-0.05, 0) is 17.7 Å². The second-order valence-corrected chi connectivity index (χ2v) is 7.65. The molecule has 150 valence electrons. The highest BCUT2D eigenvalue weighted by Gasteiger charge is 2.18. The number of carbonyl (C=O) groups excluding carboxylic acids is 1. The first-order valence-electron chi connectivity index (χ1n) is 9.43. The molecule has 0 aromatic heterocycles. The maximum Gasteiger partial charge on any atom is 0.234 e. The largest absolute Gasteiger partial charge is 0.491 e. The highest BCUT2D eigenvalue weighted by molar-refractivity contribution is 6.34. The number of carbonyl (C=O) groups is 1. The molecule has 1 N–H and O–H groups in total. The van der Waals surface area contributed by atoms with Crippen LogP contribution in [-0.2, 0) is 11.3 Å². The molecule has 1 aliphatic rings. The molecule has 2 aromatic rings. The molecular weight excluding hydrogens is 397 g/mol. The summed E-state index contributed by atoms with van der Waals surface area (Å²) in [6.07, 6.45) is 0. The number of rotatable bonds is 8. The van der Waals surface area contributed by atoms with Crippen molar-refractivity contribution in [3.05, 3.63) is 64.1 Å². The molecule has 0 spiro atoms. The summed E-state index contributed by atoms with van der Waals surface area (Å²) in [5.41, 5.74) is 1.11. The fraction of sp³-hybridized carbons (Fsp3) is 0.381. The average Bonchev–Trinajstić information content (AvgIpc) is 2.71. The van der Waals surface area contributed by atoms with Crippen molar-refractivity contribution in [1.29, 1.82) is 0 Å². The summed E-state index contributed by atoms with van der Waals surface area (Å²) >= 11 is 12.1. The minimum Gasteiger partial charge on any atom is -0.491 e. The number of hydrogen-bond acceptors (Lipinski definition) is 4. The van der Waals surface area contributed by atoms with E-state index in [1.54, 1.807) is 18.2 Å². The van der Waals surface area contributed by atoms with Gasteiger partial charge >= 0.3 is 0 Å². The molecule has 1 saturated heterocycles. The summed E-state index contributed by atoms with van der Waals surface area (Å²) < 4.78 is 5.75. The minimum absolute atomic E-state index is 0.0660. The molecule has 7 heteroatoms. The van der Waals surface area contributed by atoms with E-state index in [1.807, 2.05) is 30.3 Å². The predicted molar refractivity (Wildman–Crippen MR) is 113 cm³/mol. The van der Waals surface area contributed by atoms with Crippen LogP contribution in [0.2, 0.25) is 10.0 Å². The van der Waals surface area contributed by atoms with Gasteiger partial charge in [0.05, 0.1) is 11.6 Å². The Bertz CT molecular complexity index is 766. The zero-order valence-corrected chi connectivity index (χ0v) is 17.3. The van der Waals surface area contributed by atoms with E-state index in [4.69, 9.17) is 27.9 Å². The molecule has 1 heterocycles. The zero-order valence-electron chi connectivity index (χ0n) is 15.7. The van der Waals surface area contributed by atoms with Gasteiger partial charge in [0.1, 0.15) is 12.4 Å². The SMILES string of the molecule is O=C(CN1CCN(CCOc2cc(Cl)ccc2Cl)CC1)NCc1ccccc1. The van der Waals surface area contributed by atoms with E-state index in [0.29, 0.717) is 35.5 Å². The lowest BCUT2D eigenvalue weighted by molar-refractivity contribution is -0.122. The zero-order chi connectivity index (χ0) is 19.8. The van der Waals surface area contributed by atoms with E-state index >= 15 is 0 Å². The van der Waals surface area contributed by atoms with E-state index in [1.165, 1.54) is 0 Å². The molecule has 1 aliphatic heterocycles. The first kappa shape index (κ1) is 20.9. The molecule has 28 heavy (non-hydrogen) atoms. The maximum absolute atomic E-state index is 12.1. The normalized spacial score (nSPS) is 15.4. The lowest BCUT2D eigenvalue weighted by Gasteiger charge is -2.34. The molecule has 0 unspecified atom stereocenters. The summed E-state index contributed by atoms with van der Waals surface area (Å²) in [6, 6.07) is 15.2. The van der Waals surface area contributed by atoms with E-state index in [0.717, 1.165) is 38.3 Å². The van der Waals surface area contributed by atoms with Crippen LogP contribution in [-0.4, -0.2) is 61.6 Å². The Kier molecular flexibility index (Phi) is 7.98. The predicted octanol–water partition coefficient (Wildman–Crippen LogP) is 3.31. The van der Waals surface area contributed by atoms with Gasteiger partial charge in [0.2, 0.25) is 5.91 Å². The first-order chi connectivity index (χ1) is 13.6. The van der Waals surface area contributed by atoms with Gasteiger partial charge in [-0.3, -0.25) is 14.6 Å². The van der Waals surface area contributed by atoms with Crippen molar-refractivity contribution in [3.63, 3.8) is 0 Å². The Labute approximate surface area is 176 Å². The Balaban J connectivity index is 1.32. The third-order valence-electron chi connectivity index (χ3n) is 4.72. The molecule has 2 aromatic carbocycles. The fourth-order valence-corrected chi connectivity index (χ4v) is 3.43. The molecule has 1 amide bonds. The third kappa shape index (κ3) is 6.67. The number of ether oxygens (including phenoxy) is 1. The van der Waals surface area contributed by atoms with Gasteiger partial charge in [-0.2, -0.15) is 0 Å². The number of nitrogens with zero attached hydrogens (tertiary/aromatic N) is 2. The molecule has 0 saturated carbocycles. The van der Waals surface area contributed by atoms with Crippen molar-refractivity contribution in [2.45, 2.75) is 6.54 Å². The lowest BCUT2D eigenvalue weighted by Crippen LogP contribution is -2.50. The standard InChI is InChI=1S/C21H25Cl2N3O2/c22-18-6-7-19(23)20(14-18)28-13-12-25-8-10-26(11-9-25)16-21(27)24-15-17-4-2-1-3-5-17/h1-7,14H,8-13,15-16H2,(H,24,27). The van der Waals surface area contributed by atoms with Gasteiger partial charge in [-0.25, -0.2) is 0 Å². The molecule has 0 bridgehead atoms. The average molecular weight is 422 g/mol. The third-order valence-corrected chi connectivity index (χ3v) is 5.27. The second-order valence-electron chi connectivity index (χ2n) is 6.80. The molecule has 0 radical (unpaired) electrons. The van der Waals surface area contributed by atoms with Crippen LogP contribution in [0.15, 0.2) is 48.5 Å². The maximum atomic E-state index is 12.1. The van der Waals surface area contributed by atoms with Crippen molar-refractivity contribution in [2.24, 2.45) is 0 Å². The second kappa shape index (κ2) is 10.7. The van der Waals surface area contributed by atoms with Crippen LogP contribution in [0.1, 0.15) is 5.56 Å². The summed E-state index contributed by atoms with van der Waals surface area (Å²) in [5, 5.41) is 4.16. The summed E-state index contributed by atoms with van der Waals surface area (Å²) in [5.74, 6) is 0.680. The molecular formula is C21H25Cl2N3O2. The van der Waals surface area contributed by atoms with Gasteiger partial charge < -0.3 is 10.1 Å². The van der Waals surface area contributed by atoms with E-state index in [9.17, 15) is 4.79 Å². The van der Waals surface area contributed by atoms with Gasteiger partial charge in [0.15, 0.2) is 0 Å². The first-order valence-corrected chi connectivity index (χ1v) is 10.2. The van der Waals surface area contributed by atoms with Crippen molar-refractivity contribution < 1.29 is 9.53 Å². The van der Waals surface area contributed by atoms with E-state index in [-0.39, 0.29) is 5.91 Å². The fourth-order valence-electron chi connectivity index (χ4n) is 3.10. The van der Waals surface area contributed by atoms with Gasteiger partial charge in [-0.1, -0.05) is 53.5 Å². The molecule has 0 atom stereocenters. The highest BCUT2D eigenvalue weighted by atomic mass is 35.5. The highest BCUT2D eigenvalue weighted by Crippen LogP contribution is 2.27. The number of nitrogens with one attached hydrogen (secondary N) is 1. The molecule has 3 rings (SSSR count). The van der Waals surface area contributed by atoms with Crippen LogP contribution in [0.25, 0.3) is 0 Å². The summed E-state index contributed by atoms with van der Waals surface area (Å²) in [4.78, 5) is 16.7. The molecule has 0 aliphatic carbocycles. The van der Waals surface area contributed by atoms with Crippen molar-refractivity contribution >= 4 is 29.1 Å². The topological polar surface area (TPSA) is 44.8 Å². The quantitative estimate of drug-likeness (QED) is 0.709. The van der Waals surface area contributed by atoms with Gasteiger partial charge in [0, 0.05) is 50.4 Å². The summed E-state index contributed by atoms with van der Waals surface area (Å²) in [6.45, 7) is 5.96.